The van der Waals surface area contributed by atoms with Crippen LogP contribution in [0, 0.1) is 0 Å². The zero-order chi connectivity index (χ0) is 16.7. The third kappa shape index (κ3) is 5.11. The monoisotopic (exact) mass is 332 g/mol. The van der Waals surface area contributed by atoms with Gasteiger partial charge >= 0.3 is 5.97 Å². The topological polar surface area (TPSA) is 52.6 Å². The third-order valence-corrected chi connectivity index (χ3v) is 3.36. The summed E-state index contributed by atoms with van der Waals surface area (Å²) in [6.07, 6.45) is 0.194. The number of hydrogen-bond donors (Lipinski definition) is 0. The van der Waals surface area contributed by atoms with Crippen LogP contribution in [-0.4, -0.2) is 25.0 Å². The molecule has 0 aliphatic rings. The molecule has 0 aromatic heterocycles. The summed E-state index contributed by atoms with van der Waals surface area (Å²) in [6.45, 7) is 2.36. The highest BCUT2D eigenvalue weighted by Crippen LogP contribution is 2.17. The molecule has 2 aromatic rings. The van der Waals surface area contributed by atoms with E-state index in [0.717, 1.165) is 0 Å². The van der Waals surface area contributed by atoms with E-state index in [9.17, 15) is 9.59 Å². The van der Waals surface area contributed by atoms with Crippen LogP contribution < -0.4 is 4.74 Å². The van der Waals surface area contributed by atoms with Crippen molar-refractivity contribution in [2.45, 2.75) is 13.3 Å². The maximum atomic E-state index is 12.3. The first-order valence-corrected chi connectivity index (χ1v) is 7.66. The van der Waals surface area contributed by atoms with E-state index in [0.29, 0.717) is 28.5 Å². The van der Waals surface area contributed by atoms with Crippen molar-refractivity contribution < 1.29 is 19.1 Å². The van der Waals surface area contributed by atoms with E-state index in [1.54, 1.807) is 55.5 Å². The molecule has 0 bridgehead atoms. The predicted octanol–water partition coefficient (Wildman–Crippen LogP) is 3.90. The Kier molecular flexibility index (Phi) is 6.18. The summed E-state index contributed by atoms with van der Waals surface area (Å²) in [5.41, 5.74) is 1.13. The van der Waals surface area contributed by atoms with Crippen LogP contribution in [0.4, 0.5) is 0 Å². The number of benzene rings is 2. The summed E-state index contributed by atoms with van der Waals surface area (Å²) in [5.74, 6) is 0.226. The van der Waals surface area contributed by atoms with Gasteiger partial charge in [0.25, 0.3) is 0 Å². The molecule has 0 heterocycles. The van der Waals surface area contributed by atoms with E-state index in [1.807, 2.05) is 0 Å². The van der Waals surface area contributed by atoms with Gasteiger partial charge in [0.05, 0.1) is 19.6 Å². The van der Waals surface area contributed by atoms with Crippen LogP contribution in [0.2, 0.25) is 5.02 Å². The van der Waals surface area contributed by atoms with Crippen LogP contribution in [0.1, 0.15) is 29.3 Å². The molecule has 0 atom stereocenters. The number of ether oxygens (including phenoxy) is 2. The SMILES string of the molecule is CCOC(=O)CCOc1ccc(C(=O)c2ccc(Cl)cc2)cc1. The molecule has 0 aliphatic carbocycles. The smallest absolute Gasteiger partial charge is 0.309 e. The molecule has 0 fully saturated rings. The molecule has 0 N–H and O–H groups in total. The Morgan fingerprint density at radius 1 is 0.957 bits per heavy atom. The minimum Gasteiger partial charge on any atom is -0.493 e. The molecule has 0 aliphatic heterocycles. The Hall–Kier alpha value is -2.33. The number of carbonyl (C=O) groups excluding carboxylic acids is 2. The molecular weight excluding hydrogens is 316 g/mol. The minimum atomic E-state index is -0.290. The molecule has 0 saturated heterocycles. The van der Waals surface area contributed by atoms with Crippen LogP contribution >= 0.6 is 11.6 Å². The number of hydrogen-bond acceptors (Lipinski definition) is 4. The van der Waals surface area contributed by atoms with Gasteiger partial charge in [-0.25, -0.2) is 0 Å². The summed E-state index contributed by atoms with van der Waals surface area (Å²) >= 11 is 5.81. The van der Waals surface area contributed by atoms with Crippen molar-refractivity contribution in [2.24, 2.45) is 0 Å². The standard InChI is InChI=1S/C18H17ClO4/c1-2-22-17(20)11-12-23-16-9-5-14(6-10-16)18(21)13-3-7-15(19)8-4-13/h3-10H,2,11-12H2,1H3. The van der Waals surface area contributed by atoms with Gasteiger partial charge in [-0.3, -0.25) is 9.59 Å². The Bertz CT molecular complexity index is 662. The molecule has 0 unspecified atom stereocenters. The fraction of sp³-hybridized carbons (Fsp3) is 0.222. The number of halogens is 1. The van der Waals surface area contributed by atoms with Crippen LogP contribution in [0.3, 0.4) is 0 Å². The average Bonchev–Trinajstić information content (AvgIpc) is 2.56. The first kappa shape index (κ1) is 17.0. The number of rotatable bonds is 7. The second-order valence-electron chi connectivity index (χ2n) is 4.76. The number of ketones is 1. The first-order valence-electron chi connectivity index (χ1n) is 7.29. The van der Waals surface area contributed by atoms with Crippen molar-refractivity contribution in [3.05, 3.63) is 64.7 Å². The van der Waals surface area contributed by atoms with E-state index in [-0.39, 0.29) is 24.8 Å². The number of esters is 1. The van der Waals surface area contributed by atoms with E-state index in [2.05, 4.69) is 0 Å². The lowest BCUT2D eigenvalue weighted by Gasteiger charge is -2.07. The lowest BCUT2D eigenvalue weighted by atomic mass is 10.0. The van der Waals surface area contributed by atoms with Crippen LogP contribution in [0.5, 0.6) is 5.75 Å². The Morgan fingerprint density at radius 3 is 2.09 bits per heavy atom. The van der Waals surface area contributed by atoms with Crippen molar-refractivity contribution in [2.75, 3.05) is 13.2 Å². The van der Waals surface area contributed by atoms with Crippen molar-refractivity contribution in [1.82, 2.24) is 0 Å². The van der Waals surface area contributed by atoms with Crippen molar-refractivity contribution in [3.8, 4) is 5.75 Å². The van der Waals surface area contributed by atoms with E-state index in [4.69, 9.17) is 21.1 Å². The highest BCUT2D eigenvalue weighted by Gasteiger charge is 2.09. The van der Waals surface area contributed by atoms with Gasteiger partial charge in [-0.05, 0) is 55.5 Å². The molecular formula is C18H17ClO4. The normalized spacial score (nSPS) is 10.2. The van der Waals surface area contributed by atoms with Gasteiger partial charge in [-0.1, -0.05) is 11.6 Å². The van der Waals surface area contributed by atoms with Crippen LogP contribution in [0.15, 0.2) is 48.5 Å². The molecule has 0 amide bonds. The lowest BCUT2D eigenvalue weighted by molar-refractivity contribution is -0.143. The zero-order valence-corrected chi connectivity index (χ0v) is 13.5. The minimum absolute atomic E-state index is 0.0836. The Labute approximate surface area is 140 Å². The maximum Gasteiger partial charge on any atom is 0.309 e. The Morgan fingerprint density at radius 2 is 1.52 bits per heavy atom. The summed E-state index contributed by atoms with van der Waals surface area (Å²) in [5, 5.41) is 0.590. The first-order chi connectivity index (χ1) is 11.1. The highest BCUT2D eigenvalue weighted by molar-refractivity contribution is 6.30. The van der Waals surface area contributed by atoms with Gasteiger partial charge < -0.3 is 9.47 Å². The maximum absolute atomic E-state index is 12.3. The molecule has 4 nitrogen and oxygen atoms in total. The fourth-order valence-corrected chi connectivity index (χ4v) is 2.08. The van der Waals surface area contributed by atoms with Gasteiger partial charge in [0.2, 0.25) is 0 Å². The van der Waals surface area contributed by atoms with Crippen molar-refractivity contribution in [1.29, 1.82) is 0 Å². The lowest BCUT2D eigenvalue weighted by Crippen LogP contribution is -2.09. The molecule has 5 heteroatoms. The van der Waals surface area contributed by atoms with Crippen molar-refractivity contribution in [3.63, 3.8) is 0 Å². The second kappa shape index (κ2) is 8.34. The highest BCUT2D eigenvalue weighted by atomic mass is 35.5. The Balaban J connectivity index is 1.92. The molecule has 0 radical (unpaired) electrons. The van der Waals surface area contributed by atoms with E-state index >= 15 is 0 Å². The predicted molar refractivity (Wildman–Crippen MR) is 88.1 cm³/mol. The zero-order valence-electron chi connectivity index (χ0n) is 12.8. The van der Waals surface area contributed by atoms with Gasteiger partial charge in [-0.15, -0.1) is 0 Å². The average molecular weight is 333 g/mol. The summed E-state index contributed by atoms with van der Waals surface area (Å²) in [7, 11) is 0. The van der Waals surface area contributed by atoms with Crippen molar-refractivity contribution >= 4 is 23.4 Å². The summed E-state index contributed by atoms with van der Waals surface area (Å²) in [6, 6.07) is 13.5. The molecule has 2 aromatic carbocycles. The fourth-order valence-electron chi connectivity index (χ4n) is 1.96. The summed E-state index contributed by atoms with van der Waals surface area (Å²) < 4.78 is 10.3. The largest absolute Gasteiger partial charge is 0.493 e. The van der Waals surface area contributed by atoms with Crippen LogP contribution in [-0.2, 0) is 9.53 Å². The van der Waals surface area contributed by atoms with Gasteiger partial charge in [0, 0.05) is 16.1 Å². The van der Waals surface area contributed by atoms with Gasteiger partial charge in [0.15, 0.2) is 5.78 Å². The molecule has 120 valence electrons. The van der Waals surface area contributed by atoms with Gasteiger partial charge in [0.1, 0.15) is 5.75 Å². The molecule has 0 saturated carbocycles. The summed E-state index contributed by atoms with van der Waals surface area (Å²) in [4.78, 5) is 23.5. The quantitative estimate of drug-likeness (QED) is 0.570. The van der Waals surface area contributed by atoms with Gasteiger partial charge in [-0.2, -0.15) is 0 Å². The second-order valence-corrected chi connectivity index (χ2v) is 5.20. The van der Waals surface area contributed by atoms with E-state index in [1.165, 1.54) is 0 Å². The third-order valence-electron chi connectivity index (χ3n) is 3.10. The molecule has 0 spiro atoms. The van der Waals surface area contributed by atoms with Crippen LogP contribution in [0.25, 0.3) is 0 Å². The number of carbonyl (C=O) groups is 2. The molecule has 2 rings (SSSR count). The van der Waals surface area contributed by atoms with E-state index < -0.39 is 0 Å². The molecule has 23 heavy (non-hydrogen) atoms.